The van der Waals surface area contributed by atoms with Crippen LogP contribution in [0.25, 0.3) is 0 Å². The lowest BCUT2D eigenvalue weighted by Crippen LogP contribution is -2.65. The Morgan fingerprint density at radius 1 is 0.597 bits per heavy atom. The number of unbranched alkanes of at least 4 members (excludes halogenated alkanes) is 10. The molecule has 0 saturated carbocycles. The van der Waals surface area contributed by atoms with Gasteiger partial charge in [-0.25, -0.2) is 0 Å². The first-order valence-corrected chi connectivity index (χ1v) is 23.2. The third kappa shape index (κ3) is 22.4. The lowest BCUT2D eigenvalue weighted by atomic mass is 9.97. The summed E-state index contributed by atoms with van der Waals surface area (Å²) in [5.74, 6) is -0.295. The number of aliphatic hydroxyl groups excluding tert-OH is 8. The first kappa shape index (κ1) is 55.6. The van der Waals surface area contributed by atoms with E-state index in [0.717, 1.165) is 51.4 Å². The van der Waals surface area contributed by atoms with E-state index in [1.165, 1.54) is 44.9 Å². The van der Waals surface area contributed by atoms with Crippen LogP contribution in [0.3, 0.4) is 0 Å². The molecule has 0 bridgehead atoms. The van der Waals surface area contributed by atoms with Crippen molar-refractivity contribution in [2.75, 3.05) is 19.8 Å². The average Bonchev–Trinajstić information content (AvgIpc) is 3.27. The summed E-state index contributed by atoms with van der Waals surface area (Å²) in [5.41, 5.74) is 0. The van der Waals surface area contributed by atoms with Crippen LogP contribution in [0, 0.1) is 0 Å². The number of rotatable bonds is 33. The Morgan fingerprint density at radius 3 is 1.77 bits per heavy atom. The minimum absolute atomic E-state index is 0.217. The SMILES string of the molecule is CC/C=C\C/C=C\C/C=C\C/C=C\CCCCC(=O)NC(COC1OC(CO)C(OC2OC(CO)C(O)C(O)C2O)C(O)C1O)C(O)/C=C/CC/C=C/CCCCCCCCC. The largest absolute Gasteiger partial charge is 0.394 e. The molecule has 9 N–H and O–H groups in total. The summed E-state index contributed by atoms with van der Waals surface area (Å²) in [5, 5.41) is 86.4. The van der Waals surface area contributed by atoms with Crippen molar-refractivity contribution < 1.29 is 64.6 Å². The maximum atomic E-state index is 13.1. The van der Waals surface area contributed by atoms with Crippen molar-refractivity contribution >= 4 is 5.91 Å². The standard InChI is InChI=1S/C48H81NO13/c1-3-5-7-9-11-13-15-17-18-20-22-24-26-28-30-32-40(53)49-36(37(52)31-29-27-25-23-21-19-16-14-12-10-8-6-4-2)35-59-47-45(58)43(56)46(39(34-51)61-47)62-48-44(57)42(55)41(54)38(33-50)60-48/h5,7,11,13,17-18,21-24,29,31,36-39,41-48,50-52,54-58H,3-4,6,8-10,12,14-16,19-20,25-28,30,32-35H2,1-2H3,(H,49,53)/b7-5-,13-11-,18-17-,23-21+,24-22-,31-29+. The average molecular weight is 880 g/mol. The summed E-state index contributed by atoms with van der Waals surface area (Å²) < 4.78 is 22.6. The zero-order chi connectivity index (χ0) is 45.4. The van der Waals surface area contributed by atoms with Crippen molar-refractivity contribution in [3.05, 3.63) is 72.9 Å². The number of hydrogen-bond donors (Lipinski definition) is 9. The topological polar surface area (TPSA) is 228 Å². The molecule has 14 nitrogen and oxygen atoms in total. The Bertz CT molecular complexity index is 1320. The van der Waals surface area contributed by atoms with E-state index in [2.05, 4.69) is 79.9 Å². The van der Waals surface area contributed by atoms with Gasteiger partial charge in [0.25, 0.3) is 0 Å². The Balaban J connectivity index is 1.94. The molecule has 2 aliphatic rings. The van der Waals surface area contributed by atoms with Crippen LogP contribution in [-0.4, -0.2) is 140 Å². The number of nitrogens with one attached hydrogen (secondary N) is 1. The fourth-order valence-corrected chi connectivity index (χ4v) is 7.06. The normalized spacial score (nSPS) is 28.4. The number of hydrogen-bond acceptors (Lipinski definition) is 13. The molecule has 356 valence electrons. The molecule has 0 aromatic carbocycles. The van der Waals surface area contributed by atoms with Gasteiger partial charge >= 0.3 is 0 Å². The number of carbonyl (C=O) groups excluding carboxylic acids is 1. The monoisotopic (exact) mass is 880 g/mol. The maximum Gasteiger partial charge on any atom is 0.220 e. The number of allylic oxidation sites excluding steroid dienone is 11. The van der Waals surface area contributed by atoms with Crippen LogP contribution in [-0.2, 0) is 23.7 Å². The van der Waals surface area contributed by atoms with Gasteiger partial charge in [-0.1, -0.05) is 125 Å². The van der Waals surface area contributed by atoms with Gasteiger partial charge in [0.2, 0.25) is 5.91 Å². The predicted octanol–water partition coefficient (Wildman–Crippen LogP) is 4.87. The Labute approximate surface area is 370 Å². The minimum Gasteiger partial charge on any atom is -0.394 e. The molecular weight excluding hydrogens is 799 g/mol. The van der Waals surface area contributed by atoms with Crippen molar-refractivity contribution in [2.24, 2.45) is 0 Å². The van der Waals surface area contributed by atoms with Gasteiger partial charge in [-0.15, -0.1) is 0 Å². The maximum absolute atomic E-state index is 13.1. The van der Waals surface area contributed by atoms with Crippen molar-refractivity contribution in [3.8, 4) is 0 Å². The van der Waals surface area contributed by atoms with Gasteiger partial charge in [-0.3, -0.25) is 4.79 Å². The number of amides is 1. The van der Waals surface area contributed by atoms with E-state index in [-0.39, 0.29) is 18.9 Å². The third-order valence-electron chi connectivity index (χ3n) is 10.9. The Kier molecular flexibility index (Phi) is 31.2. The second-order valence-electron chi connectivity index (χ2n) is 16.1. The summed E-state index contributed by atoms with van der Waals surface area (Å²) in [7, 11) is 0. The van der Waals surface area contributed by atoms with E-state index < -0.39 is 86.8 Å². The molecule has 1 amide bonds. The number of ether oxygens (including phenoxy) is 4. The van der Waals surface area contributed by atoms with E-state index in [1.54, 1.807) is 6.08 Å². The van der Waals surface area contributed by atoms with Crippen LogP contribution in [0.2, 0.25) is 0 Å². The van der Waals surface area contributed by atoms with Gasteiger partial charge in [-0.2, -0.15) is 0 Å². The number of aliphatic hydroxyl groups is 8. The zero-order valence-electron chi connectivity index (χ0n) is 37.3. The molecule has 2 rings (SSSR count). The quantitative estimate of drug-likeness (QED) is 0.0317. The molecule has 0 aromatic heterocycles. The third-order valence-corrected chi connectivity index (χ3v) is 10.9. The smallest absolute Gasteiger partial charge is 0.220 e. The first-order chi connectivity index (χ1) is 30.1. The molecule has 14 heteroatoms. The van der Waals surface area contributed by atoms with Gasteiger partial charge in [0.05, 0.1) is 32.0 Å². The van der Waals surface area contributed by atoms with Gasteiger partial charge in [0, 0.05) is 6.42 Å². The van der Waals surface area contributed by atoms with Crippen LogP contribution in [0.5, 0.6) is 0 Å². The van der Waals surface area contributed by atoms with Crippen LogP contribution in [0.4, 0.5) is 0 Å². The molecule has 12 atom stereocenters. The molecule has 62 heavy (non-hydrogen) atoms. The Morgan fingerprint density at radius 2 is 1.13 bits per heavy atom. The highest BCUT2D eigenvalue weighted by atomic mass is 16.7. The van der Waals surface area contributed by atoms with Gasteiger partial charge in [0.15, 0.2) is 12.6 Å². The van der Waals surface area contributed by atoms with Crippen molar-refractivity contribution in [2.45, 2.75) is 203 Å². The molecule has 0 aromatic rings. The fourth-order valence-electron chi connectivity index (χ4n) is 7.06. The van der Waals surface area contributed by atoms with Crippen LogP contribution in [0.1, 0.15) is 129 Å². The molecule has 0 aliphatic carbocycles. The fraction of sp³-hybridized carbons (Fsp3) is 0.729. The van der Waals surface area contributed by atoms with Gasteiger partial charge in [0.1, 0.15) is 48.8 Å². The molecule has 2 fully saturated rings. The minimum atomic E-state index is -1.80. The molecule has 2 aliphatic heterocycles. The summed E-state index contributed by atoms with van der Waals surface area (Å²) in [6, 6.07) is -0.954. The van der Waals surface area contributed by atoms with Crippen LogP contribution < -0.4 is 5.32 Å². The highest BCUT2D eigenvalue weighted by molar-refractivity contribution is 5.76. The highest BCUT2D eigenvalue weighted by Crippen LogP contribution is 2.30. The van der Waals surface area contributed by atoms with Crippen molar-refractivity contribution in [3.63, 3.8) is 0 Å². The van der Waals surface area contributed by atoms with E-state index in [0.29, 0.717) is 12.8 Å². The summed E-state index contributed by atoms with van der Waals surface area (Å²) >= 11 is 0. The second kappa shape index (κ2) is 34.8. The van der Waals surface area contributed by atoms with Gasteiger partial charge in [-0.05, 0) is 70.6 Å². The van der Waals surface area contributed by atoms with Crippen molar-refractivity contribution in [1.29, 1.82) is 0 Å². The van der Waals surface area contributed by atoms with Crippen LogP contribution >= 0.6 is 0 Å². The molecule has 12 unspecified atom stereocenters. The molecule has 0 spiro atoms. The lowest BCUT2D eigenvalue weighted by molar-refractivity contribution is -0.359. The molecular formula is C48H81NO13. The summed E-state index contributed by atoms with van der Waals surface area (Å²) in [6.45, 7) is 2.57. The first-order valence-electron chi connectivity index (χ1n) is 23.2. The summed E-state index contributed by atoms with van der Waals surface area (Å²) in [4.78, 5) is 13.1. The van der Waals surface area contributed by atoms with Crippen LogP contribution in [0.15, 0.2) is 72.9 Å². The number of carbonyl (C=O) groups is 1. The lowest BCUT2D eigenvalue weighted by Gasteiger charge is -2.46. The van der Waals surface area contributed by atoms with Crippen molar-refractivity contribution in [1.82, 2.24) is 5.32 Å². The van der Waals surface area contributed by atoms with E-state index in [9.17, 15) is 45.6 Å². The summed E-state index contributed by atoms with van der Waals surface area (Å²) in [6.07, 6.45) is 25.2. The van der Waals surface area contributed by atoms with E-state index in [1.807, 2.05) is 6.08 Å². The zero-order valence-corrected chi connectivity index (χ0v) is 37.3. The second-order valence-corrected chi connectivity index (χ2v) is 16.1. The Hall–Kier alpha value is -2.57. The van der Waals surface area contributed by atoms with E-state index >= 15 is 0 Å². The molecule has 2 saturated heterocycles. The van der Waals surface area contributed by atoms with E-state index in [4.69, 9.17) is 18.9 Å². The molecule has 0 radical (unpaired) electrons. The molecule has 2 heterocycles. The van der Waals surface area contributed by atoms with Gasteiger partial charge < -0.3 is 65.1 Å². The predicted molar refractivity (Wildman–Crippen MR) is 240 cm³/mol. The highest BCUT2D eigenvalue weighted by Gasteiger charge is 2.50.